The van der Waals surface area contributed by atoms with Crippen molar-refractivity contribution in [2.45, 2.75) is 44.7 Å². The highest BCUT2D eigenvalue weighted by Crippen LogP contribution is 2.26. The highest BCUT2D eigenvalue weighted by atomic mass is 16.4. The van der Waals surface area contributed by atoms with E-state index in [0.717, 1.165) is 30.9 Å². The number of carboxylic acid groups (broad SMARTS) is 1. The maximum atomic E-state index is 11.0. The van der Waals surface area contributed by atoms with Crippen LogP contribution in [0.5, 0.6) is 0 Å². The lowest BCUT2D eigenvalue weighted by molar-refractivity contribution is -0.142. The quantitative estimate of drug-likeness (QED) is 0.830. The van der Waals surface area contributed by atoms with Crippen LogP contribution in [0.2, 0.25) is 0 Å². The van der Waals surface area contributed by atoms with Crippen molar-refractivity contribution in [2.75, 3.05) is 6.54 Å². The van der Waals surface area contributed by atoms with Crippen LogP contribution >= 0.6 is 0 Å². The van der Waals surface area contributed by atoms with E-state index in [-0.39, 0.29) is 5.92 Å². The first kappa shape index (κ1) is 11.7. The summed E-state index contributed by atoms with van der Waals surface area (Å²) in [4.78, 5) is 15.7. The number of carbonyl (C=O) groups is 1. The van der Waals surface area contributed by atoms with Gasteiger partial charge in [0.2, 0.25) is 0 Å². The van der Waals surface area contributed by atoms with Crippen LogP contribution in [0.25, 0.3) is 0 Å². The van der Waals surface area contributed by atoms with E-state index in [4.69, 9.17) is 5.11 Å². The van der Waals surface area contributed by atoms with Gasteiger partial charge in [0.1, 0.15) is 5.82 Å². The molecule has 0 aromatic carbocycles. The molecule has 1 saturated heterocycles. The molecule has 0 aliphatic carbocycles. The van der Waals surface area contributed by atoms with Crippen LogP contribution in [-0.4, -0.2) is 27.2 Å². The second-order valence-corrected chi connectivity index (χ2v) is 5.31. The highest BCUT2D eigenvalue weighted by Gasteiger charge is 2.27. The van der Waals surface area contributed by atoms with Crippen LogP contribution < -0.4 is 5.32 Å². The topological polar surface area (TPSA) is 67.2 Å². The Kier molecular flexibility index (Phi) is 3.07. The number of imidazole rings is 1. The Morgan fingerprint density at radius 3 is 3.06 bits per heavy atom. The summed E-state index contributed by atoms with van der Waals surface area (Å²) in [6.07, 6.45) is 7.17. The lowest BCUT2D eigenvalue weighted by Gasteiger charge is -2.21. The molecule has 98 valence electrons. The van der Waals surface area contributed by atoms with Gasteiger partial charge in [0.05, 0.1) is 17.7 Å². The lowest BCUT2D eigenvalue weighted by Crippen LogP contribution is -2.27. The van der Waals surface area contributed by atoms with Crippen LogP contribution in [-0.2, 0) is 17.8 Å². The molecular weight excluding hydrogens is 230 g/mol. The monoisotopic (exact) mass is 249 g/mol. The van der Waals surface area contributed by atoms with Gasteiger partial charge in [-0.3, -0.25) is 4.79 Å². The second-order valence-electron chi connectivity index (χ2n) is 5.31. The molecule has 0 saturated carbocycles. The van der Waals surface area contributed by atoms with Crippen molar-refractivity contribution in [1.29, 1.82) is 0 Å². The molecule has 2 aliphatic rings. The van der Waals surface area contributed by atoms with Gasteiger partial charge in [-0.1, -0.05) is 6.42 Å². The van der Waals surface area contributed by atoms with Crippen molar-refractivity contribution in [3.63, 3.8) is 0 Å². The van der Waals surface area contributed by atoms with Gasteiger partial charge in [-0.2, -0.15) is 0 Å². The summed E-state index contributed by atoms with van der Waals surface area (Å²) in [5, 5.41) is 12.6. The molecule has 2 aliphatic heterocycles. The summed E-state index contributed by atoms with van der Waals surface area (Å²) < 4.78 is 2.04. The number of fused-ring (bicyclic) bond motifs is 1. The van der Waals surface area contributed by atoms with Gasteiger partial charge in [-0.05, 0) is 25.8 Å². The Morgan fingerprint density at radius 1 is 1.44 bits per heavy atom. The van der Waals surface area contributed by atoms with Gasteiger partial charge < -0.3 is 15.0 Å². The smallest absolute Gasteiger partial charge is 0.308 e. The van der Waals surface area contributed by atoms with Crippen LogP contribution in [0.3, 0.4) is 0 Å². The predicted octanol–water partition coefficient (Wildman–Crippen LogP) is 1.34. The Balaban J connectivity index is 1.78. The van der Waals surface area contributed by atoms with Crippen molar-refractivity contribution in [1.82, 2.24) is 14.9 Å². The number of nitrogens with zero attached hydrogens (tertiary/aromatic N) is 2. The summed E-state index contributed by atoms with van der Waals surface area (Å²) in [7, 11) is 0. The molecule has 18 heavy (non-hydrogen) atoms. The summed E-state index contributed by atoms with van der Waals surface area (Å²) in [6.45, 7) is 1.63. The first-order valence-electron chi connectivity index (χ1n) is 6.76. The summed E-state index contributed by atoms with van der Waals surface area (Å²) >= 11 is 0. The molecule has 0 spiro atoms. The Morgan fingerprint density at radius 2 is 2.33 bits per heavy atom. The van der Waals surface area contributed by atoms with E-state index in [9.17, 15) is 4.79 Å². The van der Waals surface area contributed by atoms with Gasteiger partial charge in [-0.25, -0.2) is 4.98 Å². The number of aromatic nitrogens is 2. The molecule has 2 unspecified atom stereocenters. The molecule has 3 rings (SSSR count). The average Bonchev–Trinajstić information content (AvgIpc) is 2.82. The Labute approximate surface area is 106 Å². The zero-order chi connectivity index (χ0) is 12.5. The molecule has 1 fully saturated rings. The van der Waals surface area contributed by atoms with E-state index >= 15 is 0 Å². The normalized spacial score (nSPS) is 27.8. The number of piperidine rings is 1. The number of hydrogen-bond donors (Lipinski definition) is 2. The number of hydrogen-bond acceptors (Lipinski definition) is 3. The number of aliphatic carboxylic acids is 1. The van der Waals surface area contributed by atoms with Crippen molar-refractivity contribution in [3.05, 3.63) is 17.7 Å². The minimum atomic E-state index is -0.688. The molecule has 0 radical (unpaired) electrons. The number of nitrogens with one attached hydrogen (secondary N) is 1. The lowest BCUT2D eigenvalue weighted by atomic mass is 10.00. The fourth-order valence-corrected chi connectivity index (χ4v) is 2.94. The molecule has 3 heterocycles. The first-order chi connectivity index (χ1) is 8.74. The molecule has 2 N–H and O–H groups in total. The maximum Gasteiger partial charge on any atom is 0.308 e. The van der Waals surface area contributed by atoms with E-state index in [1.807, 2.05) is 10.8 Å². The maximum absolute atomic E-state index is 11.0. The molecule has 1 aromatic rings. The molecule has 1 aromatic heterocycles. The fraction of sp³-hybridized carbons (Fsp3) is 0.692. The third-order valence-corrected chi connectivity index (χ3v) is 4.03. The first-order valence-corrected chi connectivity index (χ1v) is 6.76. The van der Waals surface area contributed by atoms with E-state index in [0.29, 0.717) is 19.0 Å². The third-order valence-electron chi connectivity index (χ3n) is 4.03. The average molecular weight is 249 g/mol. The minimum Gasteiger partial charge on any atom is -0.481 e. The van der Waals surface area contributed by atoms with Gasteiger partial charge in [0.25, 0.3) is 0 Å². The van der Waals surface area contributed by atoms with E-state index < -0.39 is 5.97 Å². The molecule has 0 bridgehead atoms. The molecule has 0 amide bonds. The number of carboxylic acids is 1. The third kappa shape index (κ3) is 2.14. The fourth-order valence-electron chi connectivity index (χ4n) is 2.94. The summed E-state index contributed by atoms with van der Waals surface area (Å²) in [5.74, 6) is 0.112. The molecular formula is C13H19N3O2. The molecule has 5 heteroatoms. The summed E-state index contributed by atoms with van der Waals surface area (Å²) in [5.41, 5.74) is 1.09. The zero-order valence-corrected chi connectivity index (χ0v) is 10.4. The van der Waals surface area contributed by atoms with E-state index in [1.54, 1.807) is 0 Å². The zero-order valence-electron chi connectivity index (χ0n) is 10.4. The van der Waals surface area contributed by atoms with Crippen LogP contribution in [0.15, 0.2) is 6.20 Å². The standard InChI is InChI=1S/C13H19N3O2/c17-13(18)9-4-5-12-15-11(8-16(12)7-9)10-3-1-2-6-14-10/h8-10,14H,1-7H2,(H,17,18). The van der Waals surface area contributed by atoms with Gasteiger partial charge in [-0.15, -0.1) is 0 Å². The summed E-state index contributed by atoms with van der Waals surface area (Å²) in [6, 6.07) is 0.361. The van der Waals surface area contributed by atoms with Crippen molar-refractivity contribution >= 4 is 5.97 Å². The van der Waals surface area contributed by atoms with Gasteiger partial charge >= 0.3 is 5.97 Å². The van der Waals surface area contributed by atoms with E-state index in [1.165, 1.54) is 12.8 Å². The van der Waals surface area contributed by atoms with E-state index in [2.05, 4.69) is 10.3 Å². The van der Waals surface area contributed by atoms with Crippen molar-refractivity contribution in [2.24, 2.45) is 5.92 Å². The van der Waals surface area contributed by atoms with Crippen molar-refractivity contribution < 1.29 is 9.90 Å². The largest absolute Gasteiger partial charge is 0.481 e. The predicted molar refractivity (Wildman–Crippen MR) is 66.3 cm³/mol. The van der Waals surface area contributed by atoms with Crippen molar-refractivity contribution in [3.8, 4) is 0 Å². The molecule has 5 nitrogen and oxygen atoms in total. The number of rotatable bonds is 2. The van der Waals surface area contributed by atoms with Gasteiger partial charge in [0.15, 0.2) is 0 Å². The van der Waals surface area contributed by atoms with Gasteiger partial charge in [0, 0.05) is 19.2 Å². The second kappa shape index (κ2) is 4.72. The minimum absolute atomic E-state index is 0.251. The molecule has 2 atom stereocenters. The Hall–Kier alpha value is -1.36. The van der Waals surface area contributed by atoms with Crippen LogP contribution in [0.1, 0.15) is 43.2 Å². The van der Waals surface area contributed by atoms with Crippen LogP contribution in [0, 0.1) is 5.92 Å². The number of aryl methyl sites for hydroxylation is 1. The van der Waals surface area contributed by atoms with Crippen LogP contribution in [0.4, 0.5) is 0 Å². The SMILES string of the molecule is O=C(O)C1CCc2nc(C3CCCCN3)cn2C1. The highest BCUT2D eigenvalue weighted by molar-refractivity contribution is 5.70. The Bertz CT molecular complexity index is 449.